The molecular formula is C6H5BFN3O2. The van der Waals surface area contributed by atoms with Crippen LogP contribution in [0.1, 0.15) is 0 Å². The van der Waals surface area contributed by atoms with Crippen molar-refractivity contribution in [3.05, 3.63) is 34.5 Å². The lowest BCUT2D eigenvalue weighted by atomic mass is 9.79. The Kier molecular flexibility index (Phi) is 2.86. The van der Waals surface area contributed by atoms with E-state index in [4.69, 9.17) is 15.6 Å². The van der Waals surface area contributed by atoms with E-state index in [0.717, 1.165) is 12.1 Å². The van der Waals surface area contributed by atoms with Crippen LogP contribution in [0.2, 0.25) is 0 Å². The molecule has 0 amide bonds. The van der Waals surface area contributed by atoms with Gasteiger partial charge in [-0.25, -0.2) is 4.39 Å². The van der Waals surface area contributed by atoms with Gasteiger partial charge in [0.05, 0.1) is 0 Å². The first kappa shape index (κ1) is 9.53. The molecule has 1 aromatic carbocycles. The summed E-state index contributed by atoms with van der Waals surface area (Å²) in [6.07, 6.45) is 0. The Hall–Kier alpha value is -1.56. The van der Waals surface area contributed by atoms with Gasteiger partial charge in [0, 0.05) is 10.6 Å². The molecule has 0 saturated carbocycles. The van der Waals surface area contributed by atoms with Gasteiger partial charge >= 0.3 is 7.12 Å². The molecule has 0 heterocycles. The van der Waals surface area contributed by atoms with Gasteiger partial charge in [0.25, 0.3) is 0 Å². The predicted octanol–water partition coefficient (Wildman–Crippen LogP) is 0.447. The maximum Gasteiger partial charge on any atom is 0.488 e. The molecule has 0 aliphatic carbocycles. The Morgan fingerprint density at radius 1 is 1.46 bits per heavy atom. The Balaban J connectivity index is 3.26. The summed E-state index contributed by atoms with van der Waals surface area (Å²) in [5.41, 5.74) is 7.94. The first-order chi connectivity index (χ1) is 6.15. The fraction of sp³-hybridized carbons (Fsp3) is 0. The van der Waals surface area contributed by atoms with Crippen molar-refractivity contribution in [3.63, 3.8) is 0 Å². The smallest absolute Gasteiger partial charge is 0.423 e. The minimum absolute atomic E-state index is 0.00102. The topological polar surface area (TPSA) is 89.2 Å². The van der Waals surface area contributed by atoms with Gasteiger partial charge in [-0.2, -0.15) is 0 Å². The lowest BCUT2D eigenvalue weighted by molar-refractivity contribution is 0.425. The van der Waals surface area contributed by atoms with Crippen LogP contribution in [0.4, 0.5) is 10.1 Å². The molecule has 2 N–H and O–H groups in total. The van der Waals surface area contributed by atoms with Crippen molar-refractivity contribution >= 4 is 18.3 Å². The largest absolute Gasteiger partial charge is 0.488 e. The molecular weight excluding hydrogens is 176 g/mol. The number of hydrogen-bond acceptors (Lipinski definition) is 3. The molecule has 0 bridgehead atoms. The van der Waals surface area contributed by atoms with E-state index in [1.165, 1.54) is 6.07 Å². The average Bonchev–Trinajstić information content (AvgIpc) is 2.08. The Morgan fingerprint density at radius 3 is 2.69 bits per heavy atom. The van der Waals surface area contributed by atoms with E-state index in [1.54, 1.807) is 0 Å². The van der Waals surface area contributed by atoms with Crippen LogP contribution in [-0.4, -0.2) is 17.2 Å². The molecule has 1 aromatic rings. The highest BCUT2D eigenvalue weighted by molar-refractivity contribution is 6.60. The molecule has 13 heavy (non-hydrogen) atoms. The van der Waals surface area contributed by atoms with Gasteiger partial charge in [0.15, 0.2) is 0 Å². The van der Waals surface area contributed by atoms with Crippen molar-refractivity contribution in [1.29, 1.82) is 0 Å². The molecule has 5 nitrogen and oxygen atoms in total. The van der Waals surface area contributed by atoms with Gasteiger partial charge in [-0.3, -0.25) is 0 Å². The molecule has 66 valence electrons. The van der Waals surface area contributed by atoms with Gasteiger partial charge in [-0.15, -0.1) is 0 Å². The second kappa shape index (κ2) is 3.91. The standard InChI is InChI=1S/C6H5BFN3O2/c8-4-1-2-6(10-11-9)5(3-4)7(12)13/h1-3,12-13H. The summed E-state index contributed by atoms with van der Waals surface area (Å²) in [6.45, 7) is 0. The zero-order chi connectivity index (χ0) is 9.84. The molecule has 0 aromatic heterocycles. The summed E-state index contributed by atoms with van der Waals surface area (Å²) in [7, 11) is -1.85. The number of benzene rings is 1. The molecule has 0 aliphatic rings. The summed E-state index contributed by atoms with van der Waals surface area (Å²) >= 11 is 0. The fourth-order valence-corrected chi connectivity index (χ4v) is 0.871. The third-order valence-corrected chi connectivity index (χ3v) is 1.42. The third kappa shape index (κ3) is 2.19. The zero-order valence-corrected chi connectivity index (χ0v) is 6.42. The number of nitrogens with zero attached hydrogens (tertiary/aromatic N) is 3. The molecule has 0 unspecified atom stereocenters. The number of halogens is 1. The molecule has 7 heteroatoms. The fourth-order valence-electron chi connectivity index (χ4n) is 0.871. The van der Waals surface area contributed by atoms with Crippen LogP contribution in [0.25, 0.3) is 10.4 Å². The lowest BCUT2D eigenvalue weighted by Crippen LogP contribution is -2.30. The highest BCUT2D eigenvalue weighted by atomic mass is 19.1. The maximum atomic E-state index is 12.6. The quantitative estimate of drug-likeness (QED) is 0.300. The molecule has 0 saturated heterocycles. The van der Waals surface area contributed by atoms with Gasteiger partial charge in [-0.05, 0) is 23.1 Å². The second-order valence-electron chi connectivity index (χ2n) is 2.27. The molecule has 0 atom stereocenters. The zero-order valence-electron chi connectivity index (χ0n) is 6.42. The van der Waals surface area contributed by atoms with Crippen LogP contribution >= 0.6 is 0 Å². The summed E-state index contributed by atoms with van der Waals surface area (Å²) < 4.78 is 12.6. The van der Waals surface area contributed by atoms with Gasteiger partial charge in [-0.1, -0.05) is 11.2 Å². The van der Waals surface area contributed by atoms with E-state index in [9.17, 15) is 4.39 Å². The van der Waals surface area contributed by atoms with E-state index < -0.39 is 12.9 Å². The SMILES string of the molecule is [N-]=[N+]=Nc1ccc(F)cc1B(O)O. The molecule has 0 fully saturated rings. The van der Waals surface area contributed by atoms with Crippen molar-refractivity contribution in [1.82, 2.24) is 0 Å². The first-order valence-corrected chi connectivity index (χ1v) is 3.36. The molecule has 0 spiro atoms. The van der Waals surface area contributed by atoms with E-state index >= 15 is 0 Å². The normalized spacial score (nSPS) is 9.15. The second-order valence-corrected chi connectivity index (χ2v) is 2.27. The van der Waals surface area contributed by atoms with E-state index in [1.807, 2.05) is 0 Å². The highest BCUT2D eigenvalue weighted by Gasteiger charge is 2.15. The van der Waals surface area contributed by atoms with Crippen molar-refractivity contribution in [2.75, 3.05) is 0 Å². The number of rotatable bonds is 2. The maximum absolute atomic E-state index is 12.6. The Labute approximate surface area is 73.2 Å². The summed E-state index contributed by atoms with van der Waals surface area (Å²) in [5.74, 6) is -0.625. The van der Waals surface area contributed by atoms with Crippen LogP contribution in [0, 0.1) is 5.82 Å². The minimum atomic E-state index is -1.85. The number of azide groups is 1. The van der Waals surface area contributed by atoms with E-state index in [-0.39, 0.29) is 11.2 Å². The van der Waals surface area contributed by atoms with E-state index in [2.05, 4.69) is 10.0 Å². The van der Waals surface area contributed by atoms with Gasteiger partial charge in [0.2, 0.25) is 0 Å². The molecule has 0 radical (unpaired) electrons. The minimum Gasteiger partial charge on any atom is -0.423 e. The van der Waals surface area contributed by atoms with Crippen molar-refractivity contribution in [2.24, 2.45) is 5.11 Å². The van der Waals surface area contributed by atoms with Gasteiger partial charge < -0.3 is 10.0 Å². The molecule has 0 aliphatic heterocycles. The predicted molar refractivity (Wildman–Crippen MR) is 45.0 cm³/mol. The summed E-state index contributed by atoms with van der Waals surface area (Å²) in [5, 5.41) is 20.7. The average molecular weight is 181 g/mol. The van der Waals surface area contributed by atoms with Crippen LogP contribution in [-0.2, 0) is 0 Å². The van der Waals surface area contributed by atoms with Crippen molar-refractivity contribution in [2.45, 2.75) is 0 Å². The van der Waals surface area contributed by atoms with Gasteiger partial charge in [0.1, 0.15) is 5.82 Å². The van der Waals surface area contributed by atoms with Crippen LogP contribution in [0.15, 0.2) is 23.3 Å². The summed E-state index contributed by atoms with van der Waals surface area (Å²) in [6, 6.07) is 3.13. The third-order valence-electron chi connectivity index (χ3n) is 1.42. The first-order valence-electron chi connectivity index (χ1n) is 3.36. The Morgan fingerprint density at radius 2 is 2.15 bits per heavy atom. The lowest BCUT2D eigenvalue weighted by Gasteiger charge is -2.02. The van der Waals surface area contributed by atoms with Crippen molar-refractivity contribution < 1.29 is 14.4 Å². The van der Waals surface area contributed by atoms with E-state index in [0.29, 0.717) is 0 Å². The summed E-state index contributed by atoms with van der Waals surface area (Å²) in [4.78, 5) is 2.46. The van der Waals surface area contributed by atoms with Crippen LogP contribution in [0.5, 0.6) is 0 Å². The Bertz CT molecular complexity index is 365. The monoisotopic (exact) mass is 181 g/mol. The highest BCUT2D eigenvalue weighted by Crippen LogP contribution is 2.10. The molecule has 1 rings (SSSR count). The number of hydrogen-bond donors (Lipinski definition) is 2. The van der Waals surface area contributed by atoms with Crippen molar-refractivity contribution in [3.8, 4) is 0 Å². The van der Waals surface area contributed by atoms with Crippen LogP contribution in [0.3, 0.4) is 0 Å². The van der Waals surface area contributed by atoms with Crippen LogP contribution < -0.4 is 5.46 Å².